The molecule has 3 aliphatic rings. The van der Waals surface area contributed by atoms with Gasteiger partial charge in [0.2, 0.25) is 5.91 Å². The molecule has 1 amide bonds. The maximum atomic E-state index is 12.5. The van der Waals surface area contributed by atoms with Crippen LogP contribution in [0.25, 0.3) is 0 Å². The van der Waals surface area contributed by atoms with Crippen molar-refractivity contribution in [2.75, 3.05) is 44.8 Å². The minimum atomic E-state index is -0.350. The lowest BCUT2D eigenvalue weighted by molar-refractivity contribution is -0.125. The molecule has 2 saturated heterocycles. The lowest BCUT2D eigenvalue weighted by Crippen LogP contribution is -2.56. The molecule has 2 aromatic carbocycles. The highest BCUT2D eigenvalue weighted by molar-refractivity contribution is 5.93. The third kappa shape index (κ3) is 7.15. The predicted octanol–water partition coefficient (Wildman–Crippen LogP) is 4.04. The second-order valence-electron chi connectivity index (χ2n) is 8.59. The summed E-state index contributed by atoms with van der Waals surface area (Å²) in [6.45, 7) is 10.7. The van der Waals surface area contributed by atoms with Gasteiger partial charge in [-0.1, -0.05) is 62.4 Å². The largest absolute Gasteiger partial charge is 0.339 e. The zero-order chi connectivity index (χ0) is 24.8. The molecule has 2 aliphatic heterocycles. The van der Waals surface area contributed by atoms with Crippen LogP contribution in [0, 0.1) is 0 Å². The Balaban J connectivity index is 0.000000260. The fourth-order valence-electron chi connectivity index (χ4n) is 4.59. The van der Waals surface area contributed by atoms with Crippen molar-refractivity contribution in [2.24, 2.45) is 0 Å². The lowest BCUT2D eigenvalue weighted by atomic mass is 9.85. The van der Waals surface area contributed by atoms with Crippen LogP contribution < -0.4 is 15.5 Å². The summed E-state index contributed by atoms with van der Waals surface area (Å²) in [5.74, 6) is 1.10. The number of carbonyl (C=O) groups is 2. The SMILES string of the molecule is C=O.CC.CNCCN1CCC2(CC1)C(=O)NCN2c1ccccc1.c1ccc(C2CC2)cc1. The molecule has 186 valence electrons. The Bertz CT molecular complexity index is 819. The summed E-state index contributed by atoms with van der Waals surface area (Å²) in [6, 6.07) is 21.0. The first-order chi connectivity index (χ1) is 16.7. The molecule has 0 unspecified atom stereocenters. The van der Waals surface area contributed by atoms with Gasteiger partial charge in [0.15, 0.2) is 0 Å². The van der Waals surface area contributed by atoms with Gasteiger partial charge < -0.3 is 25.2 Å². The van der Waals surface area contributed by atoms with Gasteiger partial charge in [-0.2, -0.15) is 0 Å². The smallest absolute Gasteiger partial charge is 0.247 e. The van der Waals surface area contributed by atoms with E-state index in [1.165, 1.54) is 18.4 Å². The molecule has 0 bridgehead atoms. The first kappa shape index (κ1) is 27.5. The number of hydrogen-bond donors (Lipinski definition) is 2. The molecule has 6 nitrogen and oxygen atoms in total. The van der Waals surface area contributed by atoms with E-state index in [9.17, 15) is 4.79 Å². The van der Waals surface area contributed by atoms with E-state index in [-0.39, 0.29) is 11.4 Å². The molecule has 0 aromatic heterocycles. The average molecular weight is 467 g/mol. The number of benzene rings is 2. The summed E-state index contributed by atoms with van der Waals surface area (Å²) in [5.41, 5.74) is 2.31. The standard InChI is InChI=1S/C16H24N4O.C9H10.C2H6.CH2O/c1-17-9-12-19-10-7-16(8-11-19)15(21)18-13-20(16)14-5-3-2-4-6-14;1-2-4-8(5-3-1)9-6-7-9;2*1-2/h2-6,17H,7-13H2,1H3,(H,18,21);1-5,9H,6-7H2;1-2H3;1H2. The van der Waals surface area contributed by atoms with Crippen molar-refractivity contribution in [1.29, 1.82) is 0 Å². The van der Waals surface area contributed by atoms with E-state index < -0.39 is 0 Å². The number of rotatable bonds is 5. The number of likely N-dealkylation sites (tertiary alicyclic amines) is 1. The highest BCUT2D eigenvalue weighted by Crippen LogP contribution is 2.39. The van der Waals surface area contributed by atoms with Crippen LogP contribution in [0.2, 0.25) is 0 Å². The van der Waals surface area contributed by atoms with Gasteiger partial charge in [0.05, 0.1) is 6.67 Å². The summed E-state index contributed by atoms with van der Waals surface area (Å²) < 4.78 is 0. The number of para-hydroxylation sites is 1. The molecule has 3 fully saturated rings. The highest BCUT2D eigenvalue weighted by Gasteiger charge is 2.50. The van der Waals surface area contributed by atoms with Crippen LogP contribution in [-0.4, -0.2) is 63.0 Å². The molecule has 2 heterocycles. The number of anilines is 1. The fourth-order valence-corrected chi connectivity index (χ4v) is 4.59. The molecule has 0 radical (unpaired) electrons. The van der Waals surface area contributed by atoms with Crippen LogP contribution in [0.3, 0.4) is 0 Å². The molecule has 2 N–H and O–H groups in total. The molecule has 0 atom stereocenters. The average Bonchev–Trinajstić information content (AvgIpc) is 3.73. The highest BCUT2D eigenvalue weighted by atomic mass is 16.2. The molecule has 6 heteroatoms. The summed E-state index contributed by atoms with van der Waals surface area (Å²) in [6.07, 6.45) is 4.61. The van der Waals surface area contributed by atoms with E-state index in [1.807, 2.05) is 45.9 Å². The van der Waals surface area contributed by atoms with Gasteiger partial charge in [-0.15, -0.1) is 0 Å². The maximum Gasteiger partial charge on any atom is 0.247 e. The first-order valence-electron chi connectivity index (χ1n) is 12.5. The fraction of sp³-hybridized carbons (Fsp3) is 0.500. The number of hydrogen-bond acceptors (Lipinski definition) is 5. The molecule has 1 saturated carbocycles. The Labute approximate surface area is 205 Å². The van der Waals surface area contributed by atoms with E-state index in [4.69, 9.17) is 4.79 Å². The van der Waals surface area contributed by atoms with Gasteiger partial charge in [0.1, 0.15) is 12.3 Å². The molecule has 34 heavy (non-hydrogen) atoms. The van der Waals surface area contributed by atoms with E-state index >= 15 is 0 Å². The van der Waals surface area contributed by atoms with E-state index in [0.29, 0.717) is 6.67 Å². The predicted molar refractivity (Wildman–Crippen MR) is 141 cm³/mol. The monoisotopic (exact) mass is 466 g/mol. The van der Waals surface area contributed by atoms with Crippen LogP contribution in [0.15, 0.2) is 60.7 Å². The Morgan fingerprint density at radius 3 is 2.06 bits per heavy atom. The molecule has 5 rings (SSSR count). The minimum Gasteiger partial charge on any atom is -0.339 e. The second kappa shape index (κ2) is 14.5. The summed E-state index contributed by atoms with van der Waals surface area (Å²) in [4.78, 5) is 25.2. The van der Waals surface area contributed by atoms with E-state index in [2.05, 4.69) is 62.9 Å². The van der Waals surface area contributed by atoms with Crippen LogP contribution >= 0.6 is 0 Å². The molecule has 1 aliphatic carbocycles. The zero-order valence-corrected chi connectivity index (χ0v) is 21.1. The molecular formula is C28H42N4O2. The number of amides is 1. The van der Waals surface area contributed by atoms with Crippen molar-refractivity contribution >= 4 is 18.4 Å². The van der Waals surface area contributed by atoms with Crippen LogP contribution in [0.4, 0.5) is 5.69 Å². The van der Waals surface area contributed by atoms with Crippen molar-refractivity contribution in [1.82, 2.24) is 15.5 Å². The Morgan fingerprint density at radius 1 is 0.971 bits per heavy atom. The number of piperidine rings is 1. The summed E-state index contributed by atoms with van der Waals surface area (Å²) >= 11 is 0. The Kier molecular flexibility index (Phi) is 11.8. The number of likely N-dealkylation sites (N-methyl/N-ethyl adjacent to an activating group) is 1. The van der Waals surface area contributed by atoms with Crippen molar-refractivity contribution in [3.63, 3.8) is 0 Å². The van der Waals surface area contributed by atoms with Gasteiger partial charge in [0, 0.05) is 31.9 Å². The zero-order valence-electron chi connectivity index (χ0n) is 21.1. The van der Waals surface area contributed by atoms with Gasteiger partial charge in [0.25, 0.3) is 0 Å². The maximum absolute atomic E-state index is 12.5. The number of nitrogens with one attached hydrogen (secondary N) is 2. The van der Waals surface area contributed by atoms with Gasteiger partial charge in [-0.3, -0.25) is 4.79 Å². The van der Waals surface area contributed by atoms with Crippen LogP contribution in [0.5, 0.6) is 0 Å². The van der Waals surface area contributed by atoms with Gasteiger partial charge >= 0.3 is 0 Å². The molecular weight excluding hydrogens is 424 g/mol. The summed E-state index contributed by atoms with van der Waals surface area (Å²) in [7, 11) is 1.98. The topological polar surface area (TPSA) is 64.7 Å². The number of nitrogens with zero attached hydrogens (tertiary/aromatic N) is 2. The van der Waals surface area contributed by atoms with E-state index in [0.717, 1.165) is 50.6 Å². The Morgan fingerprint density at radius 2 is 1.53 bits per heavy atom. The molecule has 1 spiro atoms. The van der Waals surface area contributed by atoms with Gasteiger partial charge in [-0.05, 0) is 56.3 Å². The van der Waals surface area contributed by atoms with Crippen molar-refractivity contribution < 1.29 is 9.59 Å². The van der Waals surface area contributed by atoms with Crippen LogP contribution in [0.1, 0.15) is 51.0 Å². The Hall–Kier alpha value is -2.70. The third-order valence-electron chi connectivity index (χ3n) is 6.61. The summed E-state index contributed by atoms with van der Waals surface area (Å²) in [5, 5.41) is 6.23. The second-order valence-corrected chi connectivity index (χ2v) is 8.59. The number of carbonyl (C=O) groups excluding carboxylic acids is 2. The minimum absolute atomic E-state index is 0.194. The van der Waals surface area contributed by atoms with Crippen LogP contribution in [-0.2, 0) is 9.59 Å². The van der Waals surface area contributed by atoms with Crippen molar-refractivity contribution in [3.8, 4) is 0 Å². The van der Waals surface area contributed by atoms with Crippen molar-refractivity contribution in [2.45, 2.75) is 51.0 Å². The quantitative estimate of drug-likeness (QED) is 0.696. The van der Waals surface area contributed by atoms with Crippen molar-refractivity contribution in [3.05, 3.63) is 66.2 Å². The normalized spacial score (nSPS) is 18.4. The lowest BCUT2D eigenvalue weighted by Gasteiger charge is -2.43. The third-order valence-corrected chi connectivity index (χ3v) is 6.61. The van der Waals surface area contributed by atoms with E-state index in [1.54, 1.807) is 0 Å². The molecule has 2 aromatic rings. The van der Waals surface area contributed by atoms with Gasteiger partial charge in [-0.25, -0.2) is 0 Å². The first-order valence-corrected chi connectivity index (χ1v) is 12.5.